The Bertz CT molecular complexity index is 431. The highest BCUT2D eigenvalue weighted by Crippen LogP contribution is 2.27. The van der Waals surface area contributed by atoms with E-state index in [1.165, 1.54) is 4.90 Å². The lowest BCUT2D eigenvalue weighted by molar-refractivity contribution is -0.117. The zero-order chi connectivity index (χ0) is 11.9. The van der Waals surface area contributed by atoms with E-state index in [-0.39, 0.29) is 40.8 Å². The number of nitrogens with zero attached hydrogens (tertiary/aromatic N) is 3. The van der Waals surface area contributed by atoms with E-state index < -0.39 is 6.10 Å². The molecule has 3 N–H and O–H groups in total. The van der Waals surface area contributed by atoms with E-state index in [0.717, 1.165) is 0 Å². The summed E-state index contributed by atoms with van der Waals surface area (Å²) >= 11 is 11.4. The monoisotopic (exact) mass is 262 g/mol. The smallest absolute Gasteiger partial charge is 0.235 e. The number of nitrogen functional groups attached to an aromatic ring is 1. The number of carbonyl (C=O) groups is 1. The minimum absolute atomic E-state index is 0.0100. The van der Waals surface area contributed by atoms with Crippen molar-refractivity contribution in [3.63, 3.8) is 0 Å². The lowest BCUT2D eigenvalue weighted by atomic mass is 10.3. The van der Waals surface area contributed by atoms with Crippen molar-refractivity contribution in [1.29, 1.82) is 0 Å². The van der Waals surface area contributed by atoms with Crippen molar-refractivity contribution in [1.82, 2.24) is 9.97 Å². The first-order valence-electron chi connectivity index (χ1n) is 4.46. The number of amides is 1. The fourth-order valence-electron chi connectivity index (χ4n) is 1.41. The number of carbonyl (C=O) groups excluding carboxylic acids is 1. The van der Waals surface area contributed by atoms with Gasteiger partial charge in [0.15, 0.2) is 10.3 Å². The van der Waals surface area contributed by atoms with Crippen LogP contribution in [-0.4, -0.2) is 33.6 Å². The number of aliphatic hydroxyl groups excluding tert-OH is 1. The van der Waals surface area contributed by atoms with Gasteiger partial charge in [0.25, 0.3) is 0 Å². The molecule has 0 radical (unpaired) electrons. The lowest BCUT2D eigenvalue weighted by Gasteiger charge is -2.14. The molecule has 1 aliphatic heterocycles. The highest BCUT2D eigenvalue weighted by Gasteiger charge is 2.31. The van der Waals surface area contributed by atoms with Crippen LogP contribution in [0.1, 0.15) is 6.42 Å². The Labute approximate surface area is 101 Å². The Morgan fingerprint density at radius 2 is 1.94 bits per heavy atom. The van der Waals surface area contributed by atoms with Crippen molar-refractivity contribution >= 4 is 40.7 Å². The van der Waals surface area contributed by atoms with Crippen LogP contribution in [0.15, 0.2) is 0 Å². The number of hydrogen-bond acceptors (Lipinski definition) is 5. The Morgan fingerprint density at radius 3 is 2.38 bits per heavy atom. The van der Waals surface area contributed by atoms with Gasteiger partial charge in [-0.2, -0.15) is 9.97 Å². The summed E-state index contributed by atoms with van der Waals surface area (Å²) in [5, 5.41) is 9.30. The van der Waals surface area contributed by atoms with Crippen LogP contribution in [-0.2, 0) is 4.79 Å². The standard InChI is InChI=1S/C8H8Cl2N4O2/c9-6-5(11)7(10)13-8(12-6)14-2-3(15)1-4(14)16/h3,15H,1-2,11H2. The number of hydrogen-bond donors (Lipinski definition) is 2. The second-order valence-corrected chi connectivity index (χ2v) is 4.10. The van der Waals surface area contributed by atoms with E-state index in [0.29, 0.717) is 0 Å². The van der Waals surface area contributed by atoms with Crippen LogP contribution in [0.2, 0.25) is 10.3 Å². The van der Waals surface area contributed by atoms with Gasteiger partial charge in [-0.25, -0.2) is 0 Å². The summed E-state index contributed by atoms with van der Waals surface area (Å²) in [5.41, 5.74) is 5.54. The molecular formula is C8H8Cl2N4O2. The quantitative estimate of drug-likeness (QED) is 0.718. The molecule has 0 aliphatic carbocycles. The molecule has 86 valence electrons. The average molecular weight is 263 g/mol. The number of rotatable bonds is 1. The van der Waals surface area contributed by atoms with Gasteiger partial charge >= 0.3 is 0 Å². The first kappa shape index (κ1) is 11.4. The average Bonchev–Trinajstić information content (AvgIpc) is 2.53. The molecule has 1 saturated heterocycles. The van der Waals surface area contributed by atoms with Crippen LogP contribution in [0.4, 0.5) is 11.6 Å². The molecule has 6 nitrogen and oxygen atoms in total. The molecule has 1 amide bonds. The van der Waals surface area contributed by atoms with Crippen molar-refractivity contribution in [2.75, 3.05) is 17.2 Å². The van der Waals surface area contributed by atoms with Gasteiger partial charge in [0, 0.05) is 0 Å². The Kier molecular flexibility index (Phi) is 2.88. The van der Waals surface area contributed by atoms with E-state index >= 15 is 0 Å². The molecule has 0 spiro atoms. The zero-order valence-electron chi connectivity index (χ0n) is 8.02. The van der Waals surface area contributed by atoms with Gasteiger partial charge in [-0.1, -0.05) is 23.2 Å². The number of nitrogens with two attached hydrogens (primary N) is 1. The molecule has 1 aliphatic rings. The fourth-order valence-corrected chi connectivity index (χ4v) is 1.79. The summed E-state index contributed by atoms with van der Waals surface area (Å²) in [4.78, 5) is 20.4. The SMILES string of the molecule is Nc1c(Cl)nc(N2CC(O)CC2=O)nc1Cl. The highest BCUT2D eigenvalue weighted by molar-refractivity contribution is 6.37. The van der Waals surface area contributed by atoms with Gasteiger partial charge in [0.2, 0.25) is 11.9 Å². The summed E-state index contributed by atoms with van der Waals surface area (Å²) in [5.74, 6) is -0.213. The van der Waals surface area contributed by atoms with E-state index in [4.69, 9.17) is 28.9 Å². The molecule has 1 fully saturated rings. The van der Waals surface area contributed by atoms with E-state index in [2.05, 4.69) is 9.97 Å². The van der Waals surface area contributed by atoms with Crippen molar-refractivity contribution in [2.24, 2.45) is 0 Å². The van der Waals surface area contributed by atoms with Crippen molar-refractivity contribution in [2.45, 2.75) is 12.5 Å². The Hall–Kier alpha value is -1.11. The molecule has 2 heterocycles. The maximum absolute atomic E-state index is 11.5. The molecule has 0 aromatic carbocycles. The summed E-state index contributed by atoms with van der Waals surface area (Å²) < 4.78 is 0. The number of aliphatic hydroxyl groups is 1. The maximum Gasteiger partial charge on any atom is 0.235 e. The minimum Gasteiger partial charge on any atom is -0.394 e. The Balaban J connectivity index is 2.38. The third-order valence-electron chi connectivity index (χ3n) is 2.19. The molecule has 1 unspecified atom stereocenters. The molecular weight excluding hydrogens is 255 g/mol. The largest absolute Gasteiger partial charge is 0.394 e. The van der Waals surface area contributed by atoms with E-state index in [1.807, 2.05) is 0 Å². The van der Waals surface area contributed by atoms with E-state index in [1.54, 1.807) is 0 Å². The van der Waals surface area contributed by atoms with Crippen molar-refractivity contribution in [3.05, 3.63) is 10.3 Å². The van der Waals surface area contributed by atoms with Crippen molar-refractivity contribution in [3.8, 4) is 0 Å². The first-order chi connectivity index (χ1) is 7.49. The van der Waals surface area contributed by atoms with Gasteiger partial charge in [-0.15, -0.1) is 0 Å². The number of β-amino-alcohol motifs (C(OH)–C–C–N with tert-alkyl or cyclic N) is 1. The fraction of sp³-hybridized carbons (Fsp3) is 0.375. The van der Waals surface area contributed by atoms with Gasteiger partial charge in [-0.05, 0) is 0 Å². The Morgan fingerprint density at radius 1 is 1.38 bits per heavy atom. The molecule has 8 heteroatoms. The molecule has 16 heavy (non-hydrogen) atoms. The predicted molar refractivity (Wildman–Crippen MR) is 59.4 cm³/mol. The highest BCUT2D eigenvalue weighted by atomic mass is 35.5. The summed E-state index contributed by atoms with van der Waals surface area (Å²) in [6, 6.07) is 0. The van der Waals surface area contributed by atoms with Crippen LogP contribution in [0.3, 0.4) is 0 Å². The maximum atomic E-state index is 11.5. The van der Waals surface area contributed by atoms with Gasteiger partial charge < -0.3 is 10.8 Å². The third-order valence-corrected chi connectivity index (χ3v) is 2.76. The van der Waals surface area contributed by atoms with Crippen LogP contribution < -0.4 is 10.6 Å². The predicted octanol–water partition coefficient (Wildman–Crippen LogP) is 0.463. The van der Waals surface area contributed by atoms with Crippen molar-refractivity contribution < 1.29 is 9.90 Å². The molecule has 0 saturated carbocycles. The first-order valence-corrected chi connectivity index (χ1v) is 5.21. The number of halogens is 2. The van der Waals surface area contributed by atoms with Crippen LogP contribution >= 0.6 is 23.2 Å². The number of anilines is 2. The van der Waals surface area contributed by atoms with Crippen LogP contribution in [0, 0.1) is 0 Å². The lowest BCUT2D eigenvalue weighted by Crippen LogP contribution is -2.27. The van der Waals surface area contributed by atoms with Gasteiger partial charge in [-0.3, -0.25) is 9.69 Å². The molecule has 1 atom stereocenters. The second kappa shape index (κ2) is 4.04. The zero-order valence-corrected chi connectivity index (χ0v) is 9.53. The molecule has 0 bridgehead atoms. The second-order valence-electron chi connectivity index (χ2n) is 3.38. The minimum atomic E-state index is -0.716. The summed E-state index contributed by atoms with van der Waals surface area (Å²) in [6.07, 6.45) is -0.672. The van der Waals surface area contributed by atoms with Crippen LogP contribution in [0.25, 0.3) is 0 Å². The summed E-state index contributed by atoms with van der Waals surface area (Å²) in [7, 11) is 0. The molecule has 2 rings (SSSR count). The normalized spacial score (nSPS) is 20.6. The third kappa shape index (κ3) is 1.91. The van der Waals surface area contributed by atoms with Gasteiger partial charge in [0.05, 0.1) is 19.1 Å². The van der Waals surface area contributed by atoms with Gasteiger partial charge in [0.1, 0.15) is 5.69 Å². The summed E-state index contributed by atoms with van der Waals surface area (Å²) in [6.45, 7) is 0.134. The van der Waals surface area contributed by atoms with E-state index in [9.17, 15) is 9.90 Å². The molecule has 1 aromatic rings. The topological polar surface area (TPSA) is 92.3 Å². The number of aromatic nitrogens is 2. The molecule has 1 aromatic heterocycles. The van der Waals surface area contributed by atoms with Crippen LogP contribution in [0.5, 0.6) is 0 Å².